The normalized spacial score (nSPS) is 11.0. The average molecular weight is 437 g/mol. The number of fused-ring (bicyclic) bond motifs is 3. The Labute approximate surface area is 197 Å². The van der Waals surface area contributed by atoms with Crippen molar-refractivity contribution >= 4 is 16.3 Å². The molecule has 3 aromatic carbocycles. The summed E-state index contributed by atoms with van der Waals surface area (Å²) >= 11 is 0. The van der Waals surface area contributed by atoms with Crippen LogP contribution in [-0.2, 0) is 6.42 Å². The molecule has 0 fully saturated rings. The minimum Gasteiger partial charge on any atom is -0.307 e. The molecule has 4 heteroatoms. The minimum atomic E-state index is 0.571. The summed E-state index contributed by atoms with van der Waals surface area (Å²) in [5.41, 5.74) is 7.39. The van der Waals surface area contributed by atoms with Crippen molar-refractivity contribution in [1.82, 2.24) is 14.6 Å². The second kappa shape index (κ2) is 8.31. The van der Waals surface area contributed by atoms with E-state index in [0.29, 0.717) is 5.69 Å². The summed E-state index contributed by atoms with van der Waals surface area (Å²) in [6.45, 7) is 0. The van der Waals surface area contributed by atoms with Gasteiger partial charge in [-0.25, -0.2) is 0 Å². The lowest BCUT2D eigenvalue weighted by Crippen LogP contribution is -1.94. The quantitative estimate of drug-likeness (QED) is 0.310. The lowest BCUT2D eigenvalue weighted by atomic mass is 10.0. The van der Waals surface area contributed by atoms with Gasteiger partial charge in [-0.2, -0.15) is 5.26 Å². The highest BCUT2D eigenvalue weighted by Gasteiger charge is 2.22. The van der Waals surface area contributed by atoms with E-state index in [1.165, 1.54) is 11.1 Å². The van der Waals surface area contributed by atoms with Crippen LogP contribution in [0.3, 0.4) is 0 Å². The molecule has 0 aliphatic carbocycles. The molecule has 0 aliphatic heterocycles. The zero-order chi connectivity index (χ0) is 22.9. The van der Waals surface area contributed by atoms with Gasteiger partial charge in [0.15, 0.2) is 0 Å². The van der Waals surface area contributed by atoms with Crippen molar-refractivity contribution in [3.63, 3.8) is 0 Å². The van der Waals surface area contributed by atoms with Crippen LogP contribution in [0.1, 0.15) is 16.8 Å². The van der Waals surface area contributed by atoms with Gasteiger partial charge in [-0.15, -0.1) is 10.2 Å². The van der Waals surface area contributed by atoms with E-state index in [-0.39, 0.29) is 0 Å². The fourth-order valence-electron chi connectivity index (χ4n) is 4.62. The molecule has 4 nitrogen and oxygen atoms in total. The highest BCUT2D eigenvalue weighted by atomic mass is 15.1. The Morgan fingerprint density at radius 1 is 0.647 bits per heavy atom. The molecule has 3 aromatic heterocycles. The summed E-state index contributed by atoms with van der Waals surface area (Å²) in [4.78, 5) is 0. The van der Waals surface area contributed by atoms with Crippen LogP contribution >= 0.6 is 0 Å². The molecule has 0 saturated heterocycles. The number of nitriles is 1. The second-order valence-electron chi connectivity index (χ2n) is 8.29. The van der Waals surface area contributed by atoms with Crippen LogP contribution in [0.2, 0.25) is 0 Å². The predicted octanol–water partition coefficient (Wildman–Crippen LogP) is 6.68. The Morgan fingerprint density at radius 3 is 1.79 bits per heavy atom. The molecule has 0 radical (unpaired) electrons. The third-order valence-corrected chi connectivity index (χ3v) is 6.18. The first-order chi connectivity index (χ1) is 16.8. The number of rotatable bonds is 4. The van der Waals surface area contributed by atoms with Gasteiger partial charge in [0, 0.05) is 28.1 Å². The van der Waals surface area contributed by atoms with Crippen LogP contribution in [-0.4, -0.2) is 14.6 Å². The first kappa shape index (κ1) is 19.9. The molecular weight excluding hydrogens is 416 g/mol. The van der Waals surface area contributed by atoms with E-state index in [1.54, 1.807) is 0 Å². The molecule has 0 saturated carbocycles. The molecular formula is C30H20N4. The fourth-order valence-corrected chi connectivity index (χ4v) is 4.62. The largest absolute Gasteiger partial charge is 0.307 e. The van der Waals surface area contributed by atoms with Crippen LogP contribution in [0.25, 0.3) is 38.8 Å². The van der Waals surface area contributed by atoms with Crippen molar-refractivity contribution in [2.24, 2.45) is 0 Å². The molecule has 3 heterocycles. The average Bonchev–Trinajstić information content (AvgIpc) is 3.23. The van der Waals surface area contributed by atoms with Gasteiger partial charge in [-0.05, 0) is 29.7 Å². The standard InChI is InChI=1S/C30H20N4/c31-20-26-28-27(25-19-22(16-17-34(25)26)18-21-10-4-1-5-11-21)29(23-12-6-2-7-13-23)32-33-30(28)24-14-8-3-9-15-24/h1-17,19H,18H2. The van der Waals surface area contributed by atoms with E-state index >= 15 is 0 Å². The number of hydrogen-bond acceptors (Lipinski definition) is 3. The van der Waals surface area contributed by atoms with Crippen molar-refractivity contribution in [3.05, 3.63) is 126 Å². The van der Waals surface area contributed by atoms with E-state index in [9.17, 15) is 5.26 Å². The maximum atomic E-state index is 10.2. The summed E-state index contributed by atoms with van der Waals surface area (Å²) in [6, 6.07) is 37.1. The molecule has 0 amide bonds. The summed E-state index contributed by atoms with van der Waals surface area (Å²) in [5, 5.41) is 21.3. The summed E-state index contributed by atoms with van der Waals surface area (Å²) in [6.07, 6.45) is 2.81. The molecule has 0 bridgehead atoms. The van der Waals surface area contributed by atoms with Gasteiger partial charge >= 0.3 is 0 Å². The first-order valence-corrected chi connectivity index (χ1v) is 11.2. The van der Waals surface area contributed by atoms with E-state index in [0.717, 1.165) is 45.2 Å². The molecule has 34 heavy (non-hydrogen) atoms. The van der Waals surface area contributed by atoms with Gasteiger partial charge in [-0.3, -0.25) is 0 Å². The smallest absolute Gasteiger partial charge is 0.135 e. The Hall–Kier alpha value is -4.75. The summed E-state index contributed by atoms with van der Waals surface area (Å²) < 4.78 is 1.97. The van der Waals surface area contributed by atoms with Crippen molar-refractivity contribution in [1.29, 1.82) is 5.26 Å². The lowest BCUT2D eigenvalue weighted by molar-refractivity contribution is 1.06. The first-order valence-electron chi connectivity index (χ1n) is 11.2. The molecule has 0 spiro atoms. The maximum absolute atomic E-state index is 10.2. The lowest BCUT2D eigenvalue weighted by Gasteiger charge is -2.08. The molecule has 6 aromatic rings. The van der Waals surface area contributed by atoms with Crippen LogP contribution in [0.15, 0.2) is 109 Å². The van der Waals surface area contributed by atoms with Crippen LogP contribution in [0.5, 0.6) is 0 Å². The summed E-state index contributed by atoms with van der Waals surface area (Å²) in [5.74, 6) is 0. The highest BCUT2D eigenvalue weighted by molar-refractivity contribution is 6.13. The van der Waals surface area contributed by atoms with Gasteiger partial charge in [0.05, 0.1) is 5.52 Å². The van der Waals surface area contributed by atoms with Gasteiger partial charge in [-0.1, -0.05) is 91.0 Å². The molecule has 6 rings (SSSR count). The molecule has 0 aliphatic rings. The topological polar surface area (TPSA) is 54.0 Å². The van der Waals surface area contributed by atoms with Gasteiger partial charge < -0.3 is 4.40 Å². The number of nitrogens with zero attached hydrogens (tertiary/aromatic N) is 4. The zero-order valence-corrected chi connectivity index (χ0v) is 18.4. The van der Waals surface area contributed by atoms with E-state index in [2.05, 4.69) is 47.6 Å². The number of hydrogen-bond donors (Lipinski definition) is 0. The Bertz CT molecular complexity index is 1660. The third-order valence-electron chi connectivity index (χ3n) is 6.18. The fraction of sp³-hybridized carbons (Fsp3) is 0.0333. The van der Waals surface area contributed by atoms with E-state index in [1.807, 2.05) is 77.3 Å². The van der Waals surface area contributed by atoms with Crippen molar-refractivity contribution in [3.8, 4) is 28.6 Å². The molecule has 0 unspecified atom stereocenters. The maximum Gasteiger partial charge on any atom is 0.135 e. The zero-order valence-electron chi connectivity index (χ0n) is 18.4. The van der Waals surface area contributed by atoms with Crippen molar-refractivity contribution in [2.75, 3.05) is 0 Å². The molecule has 160 valence electrons. The monoisotopic (exact) mass is 436 g/mol. The third kappa shape index (κ3) is 3.32. The van der Waals surface area contributed by atoms with Crippen LogP contribution in [0.4, 0.5) is 0 Å². The molecule has 0 N–H and O–H groups in total. The Kier molecular flexibility index (Phi) is 4.86. The van der Waals surface area contributed by atoms with E-state index in [4.69, 9.17) is 5.10 Å². The van der Waals surface area contributed by atoms with Crippen molar-refractivity contribution in [2.45, 2.75) is 6.42 Å². The Balaban J connectivity index is 1.69. The van der Waals surface area contributed by atoms with Gasteiger partial charge in [0.2, 0.25) is 0 Å². The van der Waals surface area contributed by atoms with Crippen LogP contribution < -0.4 is 0 Å². The second-order valence-corrected chi connectivity index (χ2v) is 8.29. The SMILES string of the molecule is N#Cc1c2c(-c3ccccc3)nnc(-c3ccccc3)c2c2cc(Cc3ccccc3)ccn12. The Morgan fingerprint density at radius 2 is 1.21 bits per heavy atom. The van der Waals surface area contributed by atoms with Gasteiger partial charge in [0.1, 0.15) is 23.2 Å². The number of benzene rings is 3. The van der Waals surface area contributed by atoms with Crippen molar-refractivity contribution < 1.29 is 0 Å². The van der Waals surface area contributed by atoms with Crippen LogP contribution in [0, 0.1) is 11.3 Å². The van der Waals surface area contributed by atoms with Gasteiger partial charge in [0.25, 0.3) is 0 Å². The minimum absolute atomic E-state index is 0.571. The summed E-state index contributed by atoms with van der Waals surface area (Å²) in [7, 11) is 0. The number of aromatic nitrogens is 3. The predicted molar refractivity (Wildman–Crippen MR) is 135 cm³/mol. The highest BCUT2D eigenvalue weighted by Crippen LogP contribution is 2.38. The molecule has 0 atom stereocenters. The van der Waals surface area contributed by atoms with E-state index < -0.39 is 0 Å². The number of pyridine rings is 1.